The van der Waals surface area contributed by atoms with Crippen LogP contribution in [0.3, 0.4) is 0 Å². The van der Waals surface area contributed by atoms with Gasteiger partial charge in [0.15, 0.2) is 0 Å². The van der Waals surface area contributed by atoms with Crippen molar-refractivity contribution in [3.63, 3.8) is 0 Å². The second kappa shape index (κ2) is 4.92. The summed E-state index contributed by atoms with van der Waals surface area (Å²) in [5.74, 6) is 0.0526. The Morgan fingerprint density at radius 2 is 2.41 bits per heavy atom. The van der Waals surface area contributed by atoms with E-state index in [-0.39, 0.29) is 23.0 Å². The van der Waals surface area contributed by atoms with E-state index >= 15 is 0 Å². The van der Waals surface area contributed by atoms with Crippen LogP contribution in [0.2, 0.25) is 0 Å². The number of pyridine rings is 1. The average Bonchev–Trinajstić information content (AvgIpc) is 2.32. The molecule has 5 heteroatoms. The lowest BCUT2D eigenvalue weighted by molar-refractivity contribution is 0.0684. The van der Waals surface area contributed by atoms with Crippen molar-refractivity contribution in [3.8, 4) is 5.75 Å². The lowest BCUT2D eigenvalue weighted by atomic mass is 9.99. The molecular weight excluding hydrogens is 240 g/mol. The van der Waals surface area contributed by atoms with Crippen LogP contribution in [-0.4, -0.2) is 39.4 Å². The van der Waals surface area contributed by atoms with Gasteiger partial charge in [0.1, 0.15) is 5.75 Å². The zero-order valence-corrected chi connectivity index (χ0v) is 10.4. The van der Waals surface area contributed by atoms with E-state index in [9.17, 15) is 9.90 Å². The van der Waals surface area contributed by atoms with Crippen molar-refractivity contribution in [1.82, 2.24) is 9.88 Å². The molecule has 2 unspecified atom stereocenters. The molecule has 0 bridgehead atoms. The summed E-state index contributed by atoms with van der Waals surface area (Å²) in [7, 11) is 0. The van der Waals surface area contributed by atoms with E-state index in [1.165, 1.54) is 18.5 Å². The lowest BCUT2D eigenvalue weighted by Gasteiger charge is -2.34. The van der Waals surface area contributed by atoms with Crippen molar-refractivity contribution in [2.75, 3.05) is 13.1 Å². The third-order valence-electron chi connectivity index (χ3n) is 3.12. The van der Waals surface area contributed by atoms with Crippen LogP contribution in [-0.2, 0) is 0 Å². The first-order valence-corrected chi connectivity index (χ1v) is 6.09. The normalized spacial score (nSPS) is 24.7. The SMILES string of the molecule is CC1CN(C(=O)c2ccncc2O)CCC1Cl. The molecule has 2 heterocycles. The summed E-state index contributed by atoms with van der Waals surface area (Å²) in [6, 6.07) is 1.54. The van der Waals surface area contributed by atoms with Gasteiger partial charge in [-0.15, -0.1) is 11.6 Å². The van der Waals surface area contributed by atoms with Crippen LogP contribution in [0, 0.1) is 5.92 Å². The number of aromatic nitrogens is 1. The molecule has 1 fully saturated rings. The van der Waals surface area contributed by atoms with Gasteiger partial charge in [-0.2, -0.15) is 0 Å². The highest BCUT2D eigenvalue weighted by molar-refractivity contribution is 6.20. The summed E-state index contributed by atoms with van der Waals surface area (Å²) < 4.78 is 0. The monoisotopic (exact) mass is 254 g/mol. The molecule has 0 radical (unpaired) electrons. The Balaban J connectivity index is 2.14. The van der Waals surface area contributed by atoms with E-state index in [0.717, 1.165) is 6.42 Å². The highest BCUT2D eigenvalue weighted by Crippen LogP contribution is 2.24. The van der Waals surface area contributed by atoms with Gasteiger partial charge >= 0.3 is 0 Å². The van der Waals surface area contributed by atoms with Crippen LogP contribution >= 0.6 is 11.6 Å². The molecule has 92 valence electrons. The maximum absolute atomic E-state index is 12.2. The number of hydrogen-bond donors (Lipinski definition) is 1. The minimum absolute atomic E-state index is 0.0712. The van der Waals surface area contributed by atoms with Crippen LogP contribution in [0.4, 0.5) is 0 Å². The van der Waals surface area contributed by atoms with E-state index < -0.39 is 0 Å². The zero-order chi connectivity index (χ0) is 12.4. The van der Waals surface area contributed by atoms with E-state index in [4.69, 9.17) is 11.6 Å². The van der Waals surface area contributed by atoms with Crippen molar-refractivity contribution >= 4 is 17.5 Å². The van der Waals surface area contributed by atoms with E-state index in [1.807, 2.05) is 6.92 Å². The molecule has 0 aliphatic carbocycles. The molecule has 0 aromatic carbocycles. The van der Waals surface area contributed by atoms with Crippen molar-refractivity contribution in [3.05, 3.63) is 24.0 Å². The first kappa shape index (κ1) is 12.2. The fourth-order valence-corrected chi connectivity index (χ4v) is 2.22. The van der Waals surface area contributed by atoms with Gasteiger partial charge in [-0.1, -0.05) is 6.92 Å². The topological polar surface area (TPSA) is 53.4 Å². The Morgan fingerprint density at radius 3 is 3.06 bits per heavy atom. The standard InChI is InChI=1S/C12H15ClN2O2/c1-8-7-15(5-3-10(8)13)12(17)9-2-4-14-6-11(9)16/h2,4,6,8,10,16H,3,5,7H2,1H3. The second-order valence-electron chi connectivity index (χ2n) is 4.43. The summed E-state index contributed by atoms with van der Waals surface area (Å²) >= 11 is 6.12. The maximum atomic E-state index is 12.2. The summed E-state index contributed by atoms with van der Waals surface area (Å²) in [4.78, 5) is 17.7. The fraction of sp³-hybridized carbons (Fsp3) is 0.500. The number of alkyl halides is 1. The van der Waals surface area contributed by atoms with Crippen molar-refractivity contribution in [2.24, 2.45) is 5.92 Å². The van der Waals surface area contributed by atoms with Gasteiger partial charge in [-0.25, -0.2) is 0 Å². The highest BCUT2D eigenvalue weighted by Gasteiger charge is 2.28. The quantitative estimate of drug-likeness (QED) is 0.779. The molecule has 2 atom stereocenters. The van der Waals surface area contributed by atoms with Crippen LogP contribution in [0.15, 0.2) is 18.5 Å². The first-order chi connectivity index (χ1) is 8.09. The predicted molar refractivity (Wildman–Crippen MR) is 65.2 cm³/mol. The molecule has 17 heavy (non-hydrogen) atoms. The van der Waals surface area contributed by atoms with Gasteiger partial charge in [0.05, 0.1) is 11.8 Å². The third kappa shape index (κ3) is 2.52. The minimum Gasteiger partial charge on any atom is -0.505 e. The summed E-state index contributed by atoms with van der Waals surface area (Å²) in [6.07, 6.45) is 3.58. The number of hydrogen-bond acceptors (Lipinski definition) is 3. The van der Waals surface area contributed by atoms with Crippen molar-refractivity contribution < 1.29 is 9.90 Å². The largest absolute Gasteiger partial charge is 0.505 e. The van der Waals surface area contributed by atoms with Crippen molar-refractivity contribution in [1.29, 1.82) is 0 Å². The Hall–Kier alpha value is -1.29. The number of aromatic hydroxyl groups is 1. The molecule has 1 N–H and O–H groups in total. The Labute approximate surface area is 105 Å². The molecule has 0 spiro atoms. The fourth-order valence-electron chi connectivity index (χ4n) is 2.04. The Bertz CT molecular complexity index is 425. The average molecular weight is 255 g/mol. The number of likely N-dealkylation sites (tertiary alicyclic amines) is 1. The summed E-state index contributed by atoms with van der Waals surface area (Å²) in [5, 5.41) is 9.72. The minimum atomic E-state index is -0.152. The van der Waals surface area contributed by atoms with Crippen molar-refractivity contribution in [2.45, 2.75) is 18.7 Å². The Kier molecular flexibility index (Phi) is 3.52. The molecule has 1 amide bonds. The van der Waals surface area contributed by atoms with E-state index in [1.54, 1.807) is 4.90 Å². The number of piperidine rings is 1. The second-order valence-corrected chi connectivity index (χ2v) is 4.99. The lowest BCUT2D eigenvalue weighted by Crippen LogP contribution is -2.43. The zero-order valence-electron chi connectivity index (χ0n) is 9.64. The van der Waals surface area contributed by atoms with E-state index in [2.05, 4.69) is 4.98 Å². The van der Waals surface area contributed by atoms with Gasteiger partial charge in [0.25, 0.3) is 5.91 Å². The smallest absolute Gasteiger partial charge is 0.257 e. The molecule has 4 nitrogen and oxygen atoms in total. The number of amides is 1. The van der Waals surface area contributed by atoms with Crippen LogP contribution in [0.5, 0.6) is 5.75 Å². The number of nitrogens with zero attached hydrogens (tertiary/aromatic N) is 2. The molecule has 1 aromatic heterocycles. The molecule has 1 aliphatic heterocycles. The van der Waals surface area contributed by atoms with Crippen LogP contribution in [0.1, 0.15) is 23.7 Å². The van der Waals surface area contributed by atoms with E-state index in [0.29, 0.717) is 18.7 Å². The molecule has 1 saturated heterocycles. The molecule has 2 rings (SSSR count). The van der Waals surface area contributed by atoms with Gasteiger partial charge in [-0.3, -0.25) is 9.78 Å². The highest BCUT2D eigenvalue weighted by atomic mass is 35.5. The van der Waals surface area contributed by atoms with Gasteiger partial charge < -0.3 is 10.0 Å². The number of carbonyl (C=O) groups is 1. The van der Waals surface area contributed by atoms with Gasteiger partial charge in [0.2, 0.25) is 0 Å². The number of carbonyl (C=O) groups excluding carboxylic acids is 1. The maximum Gasteiger partial charge on any atom is 0.257 e. The molecule has 1 aliphatic rings. The molecule has 0 saturated carbocycles. The summed E-state index contributed by atoms with van der Waals surface area (Å²) in [5.41, 5.74) is 0.306. The third-order valence-corrected chi connectivity index (χ3v) is 3.77. The molecular formula is C12H15ClN2O2. The summed E-state index contributed by atoms with van der Waals surface area (Å²) in [6.45, 7) is 3.30. The van der Waals surface area contributed by atoms with Gasteiger partial charge in [0, 0.05) is 24.7 Å². The van der Waals surface area contributed by atoms with Crippen LogP contribution < -0.4 is 0 Å². The number of halogens is 1. The van der Waals surface area contributed by atoms with Gasteiger partial charge in [-0.05, 0) is 18.4 Å². The van der Waals surface area contributed by atoms with Crippen LogP contribution in [0.25, 0.3) is 0 Å². The number of rotatable bonds is 1. The first-order valence-electron chi connectivity index (χ1n) is 5.66. The predicted octanol–water partition coefficient (Wildman–Crippen LogP) is 1.88. The molecule has 1 aromatic rings. The Morgan fingerprint density at radius 1 is 1.65 bits per heavy atom.